The van der Waals surface area contributed by atoms with Crippen LogP contribution in [0.5, 0.6) is 5.75 Å². The molecule has 0 aliphatic rings. The van der Waals surface area contributed by atoms with Crippen molar-refractivity contribution in [3.63, 3.8) is 0 Å². The van der Waals surface area contributed by atoms with Crippen molar-refractivity contribution in [3.05, 3.63) is 23.2 Å². The zero-order valence-electron chi connectivity index (χ0n) is 12.5. The first kappa shape index (κ1) is 17.0. The van der Waals surface area contributed by atoms with Gasteiger partial charge in [-0.15, -0.1) is 0 Å². The van der Waals surface area contributed by atoms with Crippen LogP contribution in [0.3, 0.4) is 0 Å². The van der Waals surface area contributed by atoms with Crippen molar-refractivity contribution in [2.45, 2.75) is 6.29 Å². The highest BCUT2D eigenvalue weighted by atomic mass is 35.5. The van der Waals surface area contributed by atoms with Gasteiger partial charge in [0.25, 0.3) is 0 Å². The summed E-state index contributed by atoms with van der Waals surface area (Å²) in [7, 11) is 7.21. The van der Waals surface area contributed by atoms with E-state index in [1.54, 1.807) is 14.2 Å². The van der Waals surface area contributed by atoms with Crippen LogP contribution in [0, 0.1) is 0 Å². The molecule has 0 aromatic heterocycles. The van der Waals surface area contributed by atoms with Crippen molar-refractivity contribution < 1.29 is 14.2 Å². The maximum Gasteiger partial charge on any atom is 0.173 e. The molecule has 0 fully saturated rings. The van der Waals surface area contributed by atoms with E-state index in [2.05, 4.69) is 10.2 Å². The Kier molecular flexibility index (Phi) is 7.69. The lowest BCUT2D eigenvalue weighted by Gasteiger charge is -2.16. The molecular formula is C14H23ClN2O3. The first-order chi connectivity index (χ1) is 9.56. The van der Waals surface area contributed by atoms with Gasteiger partial charge in [0.15, 0.2) is 6.29 Å². The molecule has 5 nitrogen and oxygen atoms in total. The van der Waals surface area contributed by atoms with Gasteiger partial charge in [-0.1, -0.05) is 11.6 Å². The van der Waals surface area contributed by atoms with E-state index >= 15 is 0 Å². The van der Waals surface area contributed by atoms with Gasteiger partial charge in [-0.2, -0.15) is 0 Å². The standard InChI is InChI=1S/C14H23ClN2O3/c1-17(2)7-8-20-13-9-11(5-6-12(13)15)16-10-14(18-3)19-4/h5-6,9,14,16H,7-8,10H2,1-4H3. The van der Waals surface area contributed by atoms with Crippen LogP contribution < -0.4 is 10.1 Å². The van der Waals surface area contributed by atoms with Crippen LogP contribution >= 0.6 is 11.6 Å². The average molecular weight is 303 g/mol. The summed E-state index contributed by atoms with van der Waals surface area (Å²) in [5.41, 5.74) is 0.911. The fourth-order valence-corrected chi connectivity index (χ4v) is 1.70. The molecule has 6 heteroatoms. The summed E-state index contributed by atoms with van der Waals surface area (Å²) < 4.78 is 15.9. The maximum atomic E-state index is 6.11. The Balaban J connectivity index is 2.56. The fourth-order valence-electron chi connectivity index (χ4n) is 1.53. The van der Waals surface area contributed by atoms with E-state index in [1.807, 2.05) is 32.3 Å². The van der Waals surface area contributed by atoms with Gasteiger partial charge in [-0.25, -0.2) is 0 Å². The molecular weight excluding hydrogens is 280 g/mol. The lowest BCUT2D eigenvalue weighted by molar-refractivity contribution is -0.0914. The van der Waals surface area contributed by atoms with Gasteiger partial charge in [-0.05, 0) is 26.2 Å². The number of halogens is 1. The molecule has 0 radical (unpaired) electrons. The zero-order valence-corrected chi connectivity index (χ0v) is 13.2. The van der Waals surface area contributed by atoms with Crippen molar-refractivity contribution in [2.24, 2.45) is 0 Å². The van der Waals surface area contributed by atoms with Crippen molar-refractivity contribution in [1.29, 1.82) is 0 Å². The third-order valence-electron chi connectivity index (χ3n) is 2.73. The predicted molar refractivity (Wildman–Crippen MR) is 81.8 cm³/mol. The molecule has 0 aliphatic heterocycles. The molecule has 0 aliphatic carbocycles. The number of benzene rings is 1. The van der Waals surface area contributed by atoms with Gasteiger partial charge in [-0.3, -0.25) is 0 Å². The minimum atomic E-state index is -0.288. The molecule has 0 heterocycles. The Hall–Kier alpha value is -1.01. The molecule has 1 N–H and O–H groups in total. The fraction of sp³-hybridized carbons (Fsp3) is 0.571. The van der Waals surface area contributed by atoms with Crippen LogP contribution in [0.2, 0.25) is 5.02 Å². The largest absolute Gasteiger partial charge is 0.491 e. The smallest absolute Gasteiger partial charge is 0.173 e. The molecule has 0 bridgehead atoms. The van der Waals surface area contributed by atoms with Crippen LogP contribution in [0.4, 0.5) is 5.69 Å². The molecule has 0 atom stereocenters. The minimum absolute atomic E-state index is 0.288. The third kappa shape index (κ3) is 5.96. The topological polar surface area (TPSA) is 43.0 Å². The third-order valence-corrected chi connectivity index (χ3v) is 3.04. The van der Waals surface area contributed by atoms with Crippen molar-refractivity contribution in [1.82, 2.24) is 4.90 Å². The number of likely N-dealkylation sites (N-methyl/N-ethyl adjacent to an activating group) is 1. The number of hydrogen-bond acceptors (Lipinski definition) is 5. The number of hydrogen-bond donors (Lipinski definition) is 1. The number of nitrogens with zero attached hydrogens (tertiary/aromatic N) is 1. The number of ether oxygens (including phenoxy) is 3. The Morgan fingerprint density at radius 3 is 2.55 bits per heavy atom. The SMILES string of the molecule is COC(CNc1ccc(Cl)c(OCCN(C)C)c1)OC. The summed E-state index contributed by atoms with van der Waals surface area (Å²) in [5.74, 6) is 0.671. The number of anilines is 1. The zero-order chi connectivity index (χ0) is 15.0. The highest BCUT2D eigenvalue weighted by molar-refractivity contribution is 6.32. The number of methoxy groups -OCH3 is 2. The number of rotatable bonds is 9. The van der Waals surface area contributed by atoms with Gasteiger partial charge in [0, 0.05) is 32.5 Å². The average Bonchev–Trinajstić information content (AvgIpc) is 2.42. The first-order valence-electron chi connectivity index (χ1n) is 6.43. The first-order valence-corrected chi connectivity index (χ1v) is 6.81. The monoisotopic (exact) mass is 302 g/mol. The second-order valence-electron chi connectivity index (χ2n) is 4.58. The second-order valence-corrected chi connectivity index (χ2v) is 4.99. The molecule has 1 rings (SSSR count). The van der Waals surface area contributed by atoms with Crippen molar-refractivity contribution >= 4 is 17.3 Å². The van der Waals surface area contributed by atoms with Crippen LogP contribution in [0.25, 0.3) is 0 Å². The van der Waals surface area contributed by atoms with E-state index in [9.17, 15) is 0 Å². The molecule has 0 spiro atoms. The van der Waals surface area contributed by atoms with Gasteiger partial charge in [0.2, 0.25) is 0 Å². The quantitative estimate of drug-likeness (QED) is 0.709. The van der Waals surface area contributed by atoms with Crippen molar-refractivity contribution in [2.75, 3.05) is 53.3 Å². The lowest BCUT2D eigenvalue weighted by Crippen LogP contribution is -2.23. The Labute approximate surface area is 125 Å². The van der Waals surface area contributed by atoms with Crippen LogP contribution in [0.15, 0.2) is 18.2 Å². The molecule has 0 saturated heterocycles. The molecule has 114 valence electrons. The van der Waals surface area contributed by atoms with Crippen molar-refractivity contribution in [3.8, 4) is 5.75 Å². The minimum Gasteiger partial charge on any atom is -0.491 e. The van der Waals surface area contributed by atoms with E-state index in [-0.39, 0.29) is 6.29 Å². The summed E-state index contributed by atoms with van der Waals surface area (Å²) >= 11 is 6.11. The Morgan fingerprint density at radius 1 is 1.25 bits per heavy atom. The molecule has 1 aromatic carbocycles. The molecule has 0 unspecified atom stereocenters. The number of nitrogens with one attached hydrogen (secondary N) is 1. The predicted octanol–water partition coefficient (Wildman–Crippen LogP) is 2.31. The molecule has 1 aromatic rings. The van der Waals surface area contributed by atoms with Gasteiger partial charge < -0.3 is 24.4 Å². The summed E-state index contributed by atoms with van der Waals surface area (Å²) in [6.07, 6.45) is -0.288. The van der Waals surface area contributed by atoms with E-state index in [4.69, 9.17) is 25.8 Å². The highest BCUT2D eigenvalue weighted by Crippen LogP contribution is 2.27. The summed E-state index contributed by atoms with van der Waals surface area (Å²) in [6.45, 7) is 1.98. The highest BCUT2D eigenvalue weighted by Gasteiger charge is 2.07. The van der Waals surface area contributed by atoms with Crippen LogP contribution in [-0.2, 0) is 9.47 Å². The van der Waals surface area contributed by atoms with Gasteiger partial charge >= 0.3 is 0 Å². The van der Waals surface area contributed by atoms with E-state index in [1.165, 1.54) is 0 Å². The Bertz CT molecular complexity index is 398. The molecule has 0 amide bonds. The second kappa shape index (κ2) is 9.02. The maximum absolute atomic E-state index is 6.11. The summed E-state index contributed by atoms with van der Waals surface area (Å²) in [4.78, 5) is 2.05. The van der Waals surface area contributed by atoms with Gasteiger partial charge in [0.1, 0.15) is 12.4 Å². The Morgan fingerprint density at radius 2 is 1.95 bits per heavy atom. The lowest BCUT2D eigenvalue weighted by atomic mass is 10.3. The van der Waals surface area contributed by atoms with Crippen LogP contribution in [-0.4, -0.2) is 59.2 Å². The summed E-state index contributed by atoms with van der Waals surface area (Å²) in [5, 5.41) is 3.82. The molecule has 20 heavy (non-hydrogen) atoms. The van der Waals surface area contributed by atoms with Crippen LogP contribution in [0.1, 0.15) is 0 Å². The van der Waals surface area contributed by atoms with E-state index in [0.717, 1.165) is 12.2 Å². The van der Waals surface area contributed by atoms with Gasteiger partial charge in [0.05, 0.1) is 11.6 Å². The summed E-state index contributed by atoms with van der Waals surface area (Å²) in [6, 6.07) is 5.58. The van der Waals surface area contributed by atoms with E-state index < -0.39 is 0 Å². The molecule has 0 saturated carbocycles. The van der Waals surface area contributed by atoms with E-state index in [0.29, 0.717) is 23.9 Å². The normalized spacial score (nSPS) is 11.2.